The number of phenols is 1. The number of imide groups is 1. The highest BCUT2D eigenvalue weighted by Gasteiger charge is 2.47. The Morgan fingerprint density at radius 3 is 2.58 bits per heavy atom. The number of thioether (sulfide) groups is 2. The number of phenolic OH excluding ortho intramolecular Hbond substituents is 1. The summed E-state index contributed by atoms with van der Waals surface area (Å²) in [6.07, 6.45) is 2.53. The molecule has 2 N–H and O–H groups in total. The van der Waals surface area contributed by atoms with Gasteiger partial charge < -0.3 is 5.11 Å². The van der Waals surface area contributed by atoms with Crippen LogP contribution in [0.2, 0.25) is 0 Å². The fourth-order valence-corrected chi connectivity index (χ4v) is 4.56. The number of hydrogen-bond acceptors (Lipinski definition) is 5. The lowest BCUT2D eigenvalue weighted by atomic mass is 10.0. The number of carbonyl (C=O) groups excluding carboxylic acids is 2. The summed E-state index contributed by atoms with van der Waals surface area (Å²) in [6.45, 7) is 0. The van der Waals surface area contributed by atoms with Crippen LogP contribution in [-0.2, 0) is 4.79 Å². The molecule has 2 amide bonds. The van der Waals surface area contributed by atoms with Crippen LogP contribution in [0.15, 0.2) is 30.3 Å². The number of amides is 2. The largest absolute Gasteiger partial charge is 0.508 e. The summed E-state index contributed by atoms with van der Waals surface area (Å²) in [5, 5.41) is 11.4. The number of rotatable bonds is 1. The number of carbonyl (C=O) groups is 2. The van der Waals surface area contributed by atoms with E-state index in [0.717, 1.165) is 28.0 Å². The molecular weight excluding hydrogens is 282 g/mol. The van der Waals surface area contributed by atoms with Crippen molar-refractivity contribution in [3.05, 3.63) is 35.9 Å². The van der Waals surface area contributed by atoms with Crippen molar-refractivity contribution in [3.63, 3.8) is 0 Å². The molecule has 1 aromatic carbocycles. The predicted octanol–water partition coefficient (Wildman–Crippen LogP) is 2.59. The lowest BCUT2D eigenvalue weighted by molar-refractivity contribution is -0.120. The van der Waals surface area contributed by atoms with Crippen molar-refractivity contribution in [2.45, 2.75) is 11.2 Å². The first-order valence-corrected chi connectivity index (χ1v) is 7.59. The zero-order chi connectivity index (χ0) is 13.5. The van der Waals surface area contributed by atoms with Gasteiger partial charge in [-0.05, 0) is 42.0 Å². The lowest BCUT2D eigenvalue weighted by Crippen LogP contribution is -2.36. The second-order valence-corrected chi connectivity index (χ2v) is 6.83. The monoisotopic (exact) mass is 293 g/mol. The molecule has 0 bridgehead atoms. The third-order valence-corrected chi connectivity index (χ3v) is 5.35. The van der Waals surface area contributed by atoms with Crippen LogP contribution >= 0.6 is 23.5 Å². The molecule has 0 aliphatic carbocycles. The van der Waals surface area contributed by atoms with Gasteiger partial charge in [-0.3, -0.25) is 14.9 Å². The van der Waals surface area contributed by atoms with Gasteiger partial charge >= 0.3 is 0 Å². The molecule has 1 fully saturated rings. The van der Waals surface area contributed by atoms with E-state index in [1.54, 1.807) is 23.9 Å². The standard InChI is InChI=1S/C13H11NO3S2/c15-9-3-1-8(2-4-9)10-7-13(5-6-18-10)11(16)14-12(17)19-13/h1-4,7,15H,5-6H2,(H,14,16,17)/t13-/m1/s1. The van der Waals surface area contributed by atoms with Crippen molar-refractivity contribution in [3.8, 4) is 5.75 Å². The Morgan fingerprint density at radius 1 is 1.21 bits per heavy atom. The van der Waals surface area contributed by atoms with E-state index in [2.05, 4.69) is 5.32 Å². The molecule has 1 saturated heterocycles. The zero-order valence-corrected chi connectivity index (χ0v) is 11.5. The van der Waals surface area contributed by atoms with E-state index in [0.29, 0.717) is 6.42 Å². The number of aromatic hydroxyl groups is 1. The molecule has 0 unspecified atom stereocenters. The fourth-order valence-electron chi connectivity index (χ4n) is 2.13. The molecule has 4 nitrogen and oxygen atoms in total. The van der Waals surface area contributed by atoms with Crippen LogP contribution in [0.3, 0.4) is 0 Å². The normalized spacial score (nSPS) is 26.4. The van der Waals surface area contributed by atoms with E-state index in [9.17, 15) is 14.7 Å². The average molecular weight is 293 g/mol. The van der Waals surface area contributed by atoms with Crippen LogP contribution in [0, 0.1) is 0 Å². The van der Waals surface area contributed by atoms with E-state index in [1.165, 1.54) is 0 Å². The minimum atomic E-state index is -0.754. The van der Waals surface area contributed by atoms with Gasteiger partial charge in [-0.15, -0.1) is 11.8 Å². The first-order valence-electron chi connectivity index (χ1n) is 5.79. The van der Waals surface area contributed by atoms with E-state index < -0.39 is 4.75 Å². The molecule has 19 heavy (non-hydrogen) atoms. The third kappa shape index (κ3) is 2.26. The first-order chi connectivity index (χ1) is 9.09. The van der Waals surface area contributed by atoms with Gasteiger partial charge in [-0.25, -0.2) is 0 Å². The maximum Gasteiger partial charge on any atom is 0.287 e. The van der Waals surface area contributed by atoms with Crippen molar-refractivity contribution < 1.29 is 14.7 Å². The van der Waals surface area contributed by atoms with Crippen molar-refractivity contribution in [2.24, 2.45) is 0 Å². The molecule has 3 rings (SSSR count). The van der Waals surface area contributed by atoms with Gasteiger partial charge in [0.05, 0.1) is 0 Å². The molecule has 1 aromatic rings. The summed E-state index contributed by atoms with van der Waals surface area (Å²) in [6, 6.07) is 6.86. The van der Waals surface area contributed by atoms with Gasteiger partial charge in [-0.1, -0.05) is 12.1 Å². The third-order valence-electron chi connectivity index (χ3n) is 3.12. The highest BCUT2D eigenvalue weighted by molar-refractivity contribution is 8.16. The number of nitrogens with one attached hydrogen (secondary N) is 1. The Bertz CT molecular complexity index is 582. The number of hydrogen-bond donors (Lipinski definition) is 2. The van der Waals surface area contributed by atoms with Crippen molar-refractivity contribution in [2.75, 3.05) is 5.75 Å². The van der Waals surface area contributed by atoms with Crippen LogP contribution in [0.4, 0.5) is 4.79 Å². The number of benzene rings is 1. The molecule has 1 spiro atoms. The first kappa shape index (κ1) is 12.6. The van der Waals surface area contributed by atoms with Gasteiger partial charge in [0.25, 0.3) is 5.24 Å². The summed E-state index contributed by atoms with van der Waals surface area (Å²) in [5.74, 6) is 0.780. The maximum absolute atomic E-state index is 11.9. The van der Waals surface area contributed by atoms with E-state index in [-0.39, 0.29) is 16.9 Å². The van der Waals surface area contributed by atoms with Crippen LogP contribution in [0.25, 0.3) is 4.91 Å². The van der Waals surface area contributed by atoms with Crippen molar-refractivity contribution >= 4 is 39.6 Å². The predicted molar refractivity (Wildman–Crippen MR) is 77.0 cm³/mol. The van der Waals surface area contributed by atoms with E-state index in [1.807, 2.05) is 18.2 Å². The minimum absolute atomic E-state index is 0.211. The van der Waals surface area contributed by atoms with Crippen LogP contribution in [0.5, 0.6) is 5.75 Å². The molecule has 6 heteroatoms. The summed E-state index contributed by atoms with van der Waals surface area (Å²) in [7, 11) is 0. The topological polar surface area (TPSA) is 66.4 Å². The quantitative estimate of drug-likeness (QED) is 0.833. The van der Waals surface area contributed by atoms with Crippen LogP contribution < -0.4 is 5.32 Å². The lowest BCUT2D eigenvalue weighted by Gasteiger charge is -2.26. The van der Waals surface area contributed by atoms with E-state index in [4.69, 9.17) is 0 Å². The molecule has 2 aliphatic rings. The Balaban J connectivity index is 1.98. The second kappa shape index (κ2) is 4.61. The Morgan fingerprint density at radius 2 is 1.95 bits per heavy atom. The summed E-state index contributed by atoms with van der Waals surface area (Å²) in [5.41, 5.74) is 0.953. The average Bonchev–Trinajstić information content (AvgIpc) is 2.64. The molecule has 2 heterocycles. The van der Waals surface area contributed by atoms with Crippen LogP contribution in [-0.4, -0.2) is 26.8 Å². The van der Waals surface area contributed by atoms with Gasteiger partial charge in [-0.2, -0.15) is 0 Å². The van der Waals surface area contributed by atoms with Crippen molar-refractivity contribution in [1.82, 2.24) is 5.32 Å². The molecule has 0 radical (unpaired) electrons. The SMILES string of the molecule is O=C1NC(=O)[C@@]2(C=C(c3ccc(O)cc3)SCC2)S1. The highest BCUT2D eigenvalue weighted by Crippen LogP contribution is 2.46. The zero-order valence-electron chi connectivity index (χ0n) is 9.88. The van der Waals surface area contributed by atoms with Crippen LogP contribution in [0.1, 0.15) is 12.0 Å². The molecule has 98 valence electrons. The summed E-state index contributed by atoms with van der Waals surface area (Å²) >= 11 is 2.72. The van der Waals surface area contributed by atoms with E-state index >= 15 is 0 Å². The molecule has 2 aliphatic heterocycles. The molecule has 1 atom stereocenters. The van der Waals surface area contributed by atoms with Gasteiger partial charge in [0, 0.05) is 10.7 Å². The van der Waals surface area contributed by atoms with Crippen molar-refractivity contribution in [1.29, 1.82) is 0 Å². The maximum atomic E-state index is 11.9. The van der Waals surface area contributed by atoms with Gasteiger partial charge in [0.15, 0.2) is 0 Å². The van der Waals surface area contributed by atoms with Gasteiger partial charge in [0.2, 0.25) is 5.91 Å². The smallest absolute Gasteiger partial charge is 0.287 e. The fraction of sp³-hybridized carbons (Fsp3) is 0.231. The summed E-state index contributed by atoms with van der Waals surface area (Å²) in [4.78, 5) is 24.3. The Labute approximate surface area is 118 Å². The molecule has 0 saturated carbocycles. The second-order valence-electron chi connectivity index (χ2n) is 4.39. The molecular formula is C13H11NO3S2. The summed E-state index contributed by atoms with van der Waals surface area (Å²) < 4.78 is -0.754. The minimum Gasteiger partial charge on any atom is -0.508 e. The Kier molecular flexibility index (Phi) is 3.06. The highest BCUT2D eigenvalue weighted by atomic mass is 32.2. The Hall–Kier alpha value is -1.40. The molecule has 0 aromatic heterocycles. The van der Waals surface area contributed by atoms with Gasteiger partial charge in [0.1, 0.15) is 10.5 Å².